The third-order valence-corrected chi connectivity index (χ3v) is 5.39. The number of hydrogen-bond donors (Lipinski definition) is 1. The summed E-state index contributed by atoms with van der Waals surface area (Å²) in [4.78, 5) is 0. The van der Waals surface area contributed by atoms with Crippen LogP contribution in [0.15, 0.2) is 0 Å². The van der Waals surface area contributed by atoms with Crippen molar-refractivity contribution in [3.8, 4) is 0 Å². The minimum atomic E-state index is -0.333. The lowest BCUT2D eigenvalue weighted by molar-refractivity contribution is -0.145. The molecule has 0 aliphatic heterocycles. The van der Waals surface area contributed by atoms with Gasteiger partial charge in [0.25, 0.3) is 0 Å². The Bertz CT molecular complexity index is 246. The van der Waals surface area contributed by atoms with Crippen LogP contribution in [-0.4, -0.2) is 10.7 Å². The van der Waals surface area contributed by atoms with Gasteiger partial charge in [-0.1, -0.05) is 13.3 Å². The van der Waals surface area contributed by atoms with E-state index in [1.165, 1.54) is 25.7 Å². The highest BCUT2D eigenvalue weighted by atomic mass is 16.3. The molecule has 3 saturated carbocycles. The van der Waals surface area contributed by atoms with Crippen LogP contribution in [0.3, 0.4) is 0 Å². The van der Waals surface area contributed by atoms with Gasteiger partial charge in [-0.25, -0.2) is 0 Å². The summed E-state index contributed by atoms with van der Waals surface area (Å²) in [6, 6.07) is 0. The van der Waals surface area contributed by atoms with Crippen LogP contribution >= 0.6 is 0 Å². The largest absolute Gasteiger partial charge is 0.390 e. The zero-order valence-electron chi connectivity index (χ0n) is 8.71. The molecule has 1 nitrogen and oxygen atoms in total. The van der Waals surface area contributed by atoms with E-state index in [2.05, 4.69) is 13.8 Å². The highest BCUT2D eigenvalue weighted by Gasteiger charge is 2.68. The second-order valence-corrected chi connectivity index (χ2v) is 6.04. The zero-order valence-corrected chi connectivity index (χ0v) is 8.71. The molecule has 0 aromatic carbocycles. The second kappa shape index (κ2) is 2.13. The van der Waals surface area contributed by atoms with Gasteiger partial charge in [0.05, 0.1) is 5.60 Å². The summed E-state index contributed by atoms with van der Waals surface area (Å²) < 4.78 is 0. The van der Waals surface area contributed by atoms with Crippen molar-refractivity contribution >= 4 is 0 Å². The standard InChI is InChI=1S/C12H20O/c1-11-6-7-12(2,13)10(11)8-4-3-5-9(8)11/h8-10,13H,3-7H2,1-2H3/t8?,9?,10-,11+,12+/m0/s1. The number of hydrogen-bond acceptors (Lipinski definition) is 1. The van der Waals surface area contributed by atoms with Gasteiger partial charge in [-0.2, -0.15) is 0 Å². The normalized spacial score (nSPS) is 64.4. The first-order valence-corrected chi connectivity index (χ1v) is 5.78. The molecule has 3 fully saturated rings. The lowest BCUT2D eigenvalue weighted by Gasteiger charge is -2.57. The maximum atomic E-state index is 10.3. The molecule has 0 aromatic rings. The number of aliphatic hydroxyl groups is 1. The molecule has 5 atom stereocenters. The predicted molar refractivity (Wildman–Crippen MR) is 52.3 cm³/mol. The first-order chi connectivity index (χ1) is 6.06. The van der Waals surface area contributed by atoms with Crippen molar-refractivity contribution in [3.05, 3.63) is 0 Å². The third kappa shape index (κ3) is 0.782. The molecule has 0 heterocycles. The van der Waals surface area contributed by atoms with Crippen molar-refractivity contribution in [1.82, 2.24) is 0 Å². The van der Waals surface area contributed by atoms with Crippen molar-refractivity contribution in [2.45, 2.75) is 51.6 Å². The first kappa shape index (κ1) is 8.28. The summed E-state index contributed by atoms with van der Waals surface area (Å²) in [5, 5.41) is 10.3. The minimum Gasteiger partial charge on any atom is -0.390 e. The van der Waals surface area contributed by atoms with E-state index >= 15 is 0 Å². The van der Waals surface area contributed by atoms with Gasteiger partial charge in [-0.15, -0.1) is 0 Å². The van der Waals surface area contributed by atoms with Crippen molar-refractivity contribution < 1.29 is 5.11 Å². The number of fused-ring (bicyclic) bond motifs is 4. The van der Waals surface area contributed by atoms with Gasteiger partial charge in [-0.05, 0) is 55.8 Å². The Labute approximate surface area is 80.5 Å². The van der Waals surface area contributed by atoms with Gasteiger partial charge < -0.3 is 5.11 Å². The van der Waals surface area contributed by atoms with E-state index in [1.54, 1.807) is 0 Å². The Balaban J connectivity index is 1.96. The monoisotopic (exact) mass is 180 g/mol. The van der Waals surface area contributed by atoms with E-state index in [-0.39, 0.29) is 5.60 Å². The molecular weight excluding hydrogens is 160 g/mol. The SMILES string of the molecule is C[C@@]1(O)CC[C@]2(C)C3CCCC3[C@H]12. The fraction of sp³-hybridized carbons (Fsp3) is 1.00. The molecule has 0 amide bonds. The summed E-state index contributed by atoms with van der Waals surface area (Å²) in [5.74, 6) is 2.47. The summed E-state index contributed by atoms with van der Waals surface area (Å²) in [6.45, 7) is 4.49. The lowest BCUT2D eigenvalue weighted by Crippen LogP contribution is -2.56. The summed E-state index contributed by atoms with van der Waals surface area (Å²) >= 11 is 0. The van der Waals surface area contributed by atoms with Gasteiger partial charge in [0.1, 0.15) is 0 Å². The van der Waals surface area contributed by atoms with Gasteiger partial charge >= 0.3 is 0 Å². The summed E-state index contributed by atoms with van der Waals surface area (Å²) in [7, 11) is 0. The van der Waals surface area contributed by atoms with Crippen molar-refractivity contribution in [2.24, 2.45) is 23.2 Å². The van der Waals surface area contributed by atoms with Crippen LogP contribution in [0, 0.1) is 23.2 Å². The fourth-order valence-corrected chi connectivity index (χ4v) is 5.00. The van der Waals surface area contributed by atoms with Gasteiger partial charge in [-0.3, -0.25) is 0 Å². The molecule has 3 aliphatic rings. The highest BCUT2D eigenvalue weighted by Crippen LogP contribution is 2.71. The Morgan fingerprint density at radius 2 is 1.92 bits per heavy atom. The number of rotatable bonds is 0. The van der Waals surface area contributed by atoms with E-state index in [0.29, 0.717) is 11.3 Å². The smallest absolute Gasteiger partial charge is 0.0656 e. The molecule has 2 unspecified atom stereocenters. The second-order valence-electron chi connectivity index (χ2n) is 6.04. The molecule has 13 heavy (non-hydrogen) atoms. The van der Waals surface area contributed by atoms with Crippen molar-refractivity contribution in [2.75, 3.05) is 0 Å². The van der Waals surface area contributed by atoms with E-state index in [4.69, 9.17) is 0 Å². The summed E-state index contributed by atoms with van der Waals surface area (Å²) in [6.07, 6.45) is 6.55. The van der Waals surface area contributed by atoms with E-state index < -0.39 is 0 Å². The Hall–Kier alpha value is -0.0400. The molecule has 0 bridgehead atoms. The van der Waals surface area contributed by atoms with Crippen LogP contribution < -0.4 is 0 Å². The van der Waals surface area contributed by atoms with E-state index in [0.717, 1.165) is 18.3 Å². The van der Waals surface area contributed by atoms with Crippen LogP contribution in [0.5, 0.6) is 0 Å². The third-order valence-electron chi connectivity index (χ3n) is 5.39. The zero-order chi connectivity index (χ0) is 9.27. The van der Waals surface area contributed by atoms with Gasteiger partial charge in [0, 0.05) is 0 Å². The van der Waals surface area contributed by atoms with Crippen LogP contribution in [0.2, 0.25) is 0 Å². The molecule has 0 spiro atoms. The molecule has 74 valence electrons. The van der Waals surface area contributed by atoms with Crippen LogP contribution in [0.25, 0.3) is 0 Å². The predicted octanol–water partition coefficient (Wildman–Crippen LogP) is 2.58. The minimum absolute atomic E-state index is 0.333. The molecule has 1 heteroatoms. The van der Waals surface area contributed by atoms with Crippen LogP contribution in [-0.2, 0) is 0 Å². The molecule has 0 radical (unpaired) electrons. The van der Waals surface area contributed by atoms with Crippen molar-refractivity contribution in [3.63, 3.8) is 0 Å². The summed E-state index contributed by atoms with van der Waals surface area (Å²) in [5.41, 5.74) is 0.185. The van der Waals surface area contributed by atoms with Gasteiger partial charge in [0.15, 0.2) is 0 Å². The Kier molecular flexibility index (Phi) is 1.36. The maximum Gasteiger partial charge on any atom is 0.0656 e. The quantitative estimate of drug-likeness (QED) is 0.607. The molecule has 3 rings (SSSR count). The van der Waals surface area contributed by atoms with Crippen LogP contribution in [0.1, 0.15) is 46.0 Å². The fourth-order valence-electron chi connectivity index (χ4n) is 5.00. The molecule has 3 aliphatic carbocycles. The van der Waals surface area contributed by atoms with E-state index in [9.17, 15) is 5.11 Å². The molecule has 1 N–H and O–H groups in total. The molecular formula is C12H20O. The average molecular weight is 180 g/mol. The lowest BCUT2D eigenvalue weighted by atomic mass is 9.48. The maximum absolute atomic E-state index is 10.3. The molecule has 0 aromatic heterocycles. The van der Waals surface area contributed by atoms with Crippen LogP contribution in [0.4, 0.5) is 0 Å². The first-order valence-electron chi connectivity index (χ1n) is 5.78. The topological polar surface area (TPSA) is 20.2 Å². The van der Waals surface area contributed by atoms with Gasteiger partial charge in [0.2, 0.25) is 0 Å². The van der Waals surface area contributed by atoms with E-state index in [1.807, 2.05) is 0 Å². The van der Waals surface area contributed by atoms with Crippen molar-refractivity contribution in [1.29, 1.82) is 0 Å². The highest BCUT2D eigenvalue weighted by molar-refractivity contribution is 5.17. The Morgan fingerprint density at radius 3 is 2.69 bits per heavy atom. The average Bonchev–Trinajstić information content (AvgIpc) is 2.51. The molecule has 0 saturated heterocycles. The Morgan fingerprint density at radius 1 is 1.15 bits per heavy atom.